The fraction of sp³-hybridized carbons (Fsp3) is 0.429. The van der Waals surface area contributed by atoms with Gasteiger partial charge < -0.3 is 16.0 Å². The first-order valence-corrected chi connectivity index (χ1v) is 7.54. The van der Waals surface area contributed by atoms with Crippen LogP contribution < -0.4 is 11.1 Å². The molecule has 1 fully saturated rings. The van der Waals surface area contributed by atoms with Crippen LogP contribution in [0.5, 0.6) is 0 Å². The highest BCUT2D eigenvalue weighted by Crippen LogP contribution is 2.25. The third-order valence-corrected chi connectivity index (χ3v) is 4.12. The summed E-state index contributed by atoms with van der Waals surface area (Å²) in [6.45, 7) is 0.978. The zero-order valence-corrected chi connectivity index (χ0v) is 13.0. The summed E-state index contributed by atoms with van der Waals surface area (Å²) in [5.41, 5.74) is 5.48. The first-order valence-electron chi connectivity index (χ1n) is 6.78. The van der Waals surface area contributed by atoms with E-state index in [2.05, 4.69) is 5.32 Å². The van der Waals surface area contributed by atoms with Gasteiger partial charge in [0.1, 0.15) is 0 Å². The molecule has 1 aromatic rings. The van der Waals surface area contributed by atoms with Crippen molar-refractivity contribution in [1.82, 2.24) is 10.2 Å². The van der Waals surface area contributed by atoms with Gasteiger partial charge in [0.05, 0.1) is 10.6 Å². The van der Waals surface area contributed by atoms with Crippen molar-refractivity contribution in [2.45, 2.75) is 25.3 Å². The summed E-state index contributed by atoms with van der Waals surface area (Å²) in [6.07, 6.45) is 2.76. The highest BCUT2D eigenvalue weighted by Gasteiger charge is 2.28. The maximum Gasteiger partial charge on any atom is 0.312 e. The number of nitrogens with two attached hydrogens (primary N) is 1. The van der Waals surface area contributed by atoms with E-state index in [1.807, 2.05) is 0 Å². The molecule has 0 aliphatic carbocycles. The Balaban J connectivity index is 2.18. The summed E-state index contributed by atoms with van der Waals surface area (Å²) < 4.78 is 0. The number of carbonyl (C=O) groups is 2. The summed E-state index contributed by atoms with van der Waals surface area (Å²) >= 11 is 12.0. The zero-order valence-electron chi connectivity index (χ0n) is 11.4. The van der Waals surface area contributed by atoms with Crippen LogP contribution in [0.3, 0.4) is 0 Å². The molecule has 1 aliphatic rings. The number of amides is 3. The van der Waals surface area contributed by atoms with Gasteiger partial charge >= 0.3 is 6.03 Å². The Morgan fingerprint density at radius 1 is 1.33 bits per heavy atom. The molecule has 114 valence electrons. The number of carbonyl (C=O) groups excluding carboxylic acids is 2. The van der Waals surface area contributed by atoms with Gasteiger partial charge in [-0.1, -0.05) is 23.2 Å². The van der Waals surface area contributed by atoms with Crippen LogP contribution in [0.25, 0.3) is 0 Å². The number of piperidine rings is 1. The fourth-order valence-corrected chi connectivity index (χ4v) is 2.89. The van der Waals surface area contributed by atoms with Crippen LogP contribution in [0, 0.1) is 0 Å². The van der Waals surface area contributed by atoms with Gasteiger partial charge in [0.25, 0.3) is 5.91 Å². The number of hydrogen-bond acceptors (Lipinski definition) is 2. The van der Waals surface area contributed by atoms with Crippen molar-refractivity contribution in [1.29, 1.82) is 0 Å². The SMILES string of the molecule is NC(=O)NC[C@H]1CCCCN1C(=O)c1cc(Cl)ccc1Cl. The maximum atomic E-state index is 12.7. The molecule has 21 heavy (non-hydrogen) atoms. The molecular formula is C14H17Cl2N3O2. The summed E-state index contributed by atoms with van der Waals surface area (Å²) in [5, 5.41) is 3.40. The van der Waals surface area contributed by atoms with Crippen molar-refractivity contribution >= 4 is 35.1 Å². The number of urea groups is 1. The van der Waals surface area contributed by atoms with E-state index < -0.39 is 6.03 Å². The second-order valence-corrected chi connectivity index (χ2v) is 5.86. The van der Waals surface area contributed by atoms with Gasteiger partial charge in [-0.2, -0.15) is 0 Å². The van der Waals surface area contributed by atoms with E-state index in [9.17, 15) is 9.59 Å². The molecule has 2 rings (SSSR count). The molecule has 7 heteroatoms. The zero-order chi connectivity index (χ0) is 15.4. The number of primary amides is 1. The Morgan fingerprint density at radius 2 is 2.10 bits per heavy atom. The number of likely N-dealkylation sites (tertiary alicyclic amines) is 1. The number of nitrogens with one attached hydrogen (secondary N) is 1. The van der Waals surface area contributed by atoms with E-state index in [0.29, 0.717) is 28.7 Å². The third-order valence-electron chi connectivity index (χ3n) is 3.56. The first-order chi connectivity index (χ1) is 9.99. The lowest BCUT2D eigenvalue weighted by atomic mass is 10.0. The number of nitrogens with zero attached hydrogens (tertiary/aromatic N) is 1. The van der Waals surface area contributed by atoms with E-state index >= 15 is 0 Å². The smallest absolute Gasteiger partial charge is 0.312 e. The lowest BCUT2D eigenvalue weighted by molar-refractivity contribution is 0.0615. The Morgan fingerprint density at radius 3 is 2.81 bits per heavy atom. The van der Waals surface area contributed by atoms with Crippen LogP contribution in [0.15, 0.2) is 18.2 Å². The van der Waals surface area contributed by atoms with Gasteiger partial charge in [0, 0.05) is 24.2 Å². The molecule has 0 aromatic heterocycles. The average molecular weight is 330 g/mol. The summed E-state index contributed by atoms with van der Waals surface area (Å²) in [4.78, 5) is 25.3. The summed E-state index contributed by atoms with van der Waals surface area (Å²) in [6, 6.07) is 4.16. The van der Waals surface area contributed by atoms with Crippen molar-refractivity contribution in [2.24, 2.45) is 5.73 Å². The van der Waals surface area contributed by atoms with E-state index in [1.165, 1.54) is 0 Å². The Bertz CT molecular complexity index is 551. The van der Waals surface area contributed by atoms with Gasteiger partial charge in [-0.05, 0) is 37.5 Å². The lowest BCUT2D eigenvalue weighted by Gasteiger charge is -2.36. The normalized spacial score (nSPS) is 18.4. The van der Waals surface area contributed by atoms with E-state index in [4.69, 9.17) is 28.9 Å². The molecule has 1 heterocycles. The van der Waals surface area contributed by atoms with Crippen LogP contribution in [0.1, 0.15) is 29.6 Å². The molecule has 1 aliphatic heterocycles. The van der Waals surface area contributed by atoms with Crippen molar-refractivity contribution in [3.05, 3.63) is 33.8 Å². The number of benzene rings is 1. The largest absolute Gasteiger partial charge is 0.352 e. The minimum atomic E-state index is -0.589. The van der Waals surface area contributed by atoms with E-state index in [0.717, 1.165) is 19.3 Å². The van der Waals surface area contributed by atoms with E-state index in [1.54, 1.807) is 23.1 Å². The molecule has 1 atom stereocenters. The first kappa shape index (κ1) is 15.9. The fourth-order valence-electron chi connectivity index (χ4n) is 2.51. The molecule has 1 saturated heterocycles. The van der Waals surface area contributed by atoms with Crippen molar-refractivity contribution in [3.8, 4) is 0 Å². The minimum absolute atomic E-state index is 0.0752. The van der Waals surface area contributed by atoms with Crippen LogP contribution in [-0.2, 0) is 0 Å². The van der Waals surface area contributed by atoms with Crippen molar-refractivity contribution < 1.29 is 9.59 Å². The molecule has 5 nitrogen and oxygen atoms in total. The maximum absolute atomic E-state index is 12.7. The molecule has 3 N–H and O–H groups in total. The molecule has 0 unspecified atom stereocenters. The molecule has 1 aromatic carbocycles. The second-order valence-electron chi connectivity index (χ2n) is 5.02. The number of rotatable bonds is 3. The number of hydrogen-bond donors (Lipinski definition) is 2. The van der Waals surface area contributed by atoms with Crippen molar-refractivity contribution in [3.63, 3.8) is 0 Å². The van der Waals surface area contributed by atoms with Gasteiger partial charge in [0.2, 0.25) is 0 Å². The monoisotopic (exact) mass is 329 g/mol. The Hall–Kier alpha value is -1.46. The van der Waals surface area contributed by atoms with E-state index in [-0.39, 0.29) is 11.9 Å². The van der Waals surface area contributed by atoms with Crippen LogP contribution >= 0.6 is 23.2 Å². The summed E-state index contributed by atoms with van der Waals surface area (Å²) in [5.74, 6) is -0.168. The predicted molar refractivity (Wildman–Crippen MR) is 82.7 cm³/mol. The van der Waals surface area contributed by atoms with Gasteiger partial charge in [-0.25, -0.2) is 4.79 Å². The van der Waals surface area contributed by atoms with Crippen molar-refractivity contribution in [2.75, 3.05) is 13.1 Å². The Kier molecular flexibility index (Phi) is 5.31. The molecule has 0 radical (unpaired) electrons. The van der Waals surface area contributed by atoms with Crippen LogP contribution in [0.2, 0.25) is 10.0 Å². The summed E-state index contributed by atoms with van der Waals surface area (Å²) in [7, 11) is 0. The second kappa shape index (κ2) is 7.00. The van der Waals surface area contributed by atoms with Gasteiger partial charge in [-0.15, -0.1) is 0 Å². The standard InChI is InChI=1S/C14H17Cl2N3O2/c15-9-4-5-12(16)11(7-9)13(20)19-6-2-1-3-10(19)8-18-14(17)21/h4-5,7,10H,1-3,6,8H2,(H3,17,18,21)/t10-/m1/s1. The Labute approximate surface area is 133 Å². The predicted octanol–water partition coefficient (Wildman–Crippen LogP) is 2.66. The highest BCUT2D eigenvalue weighted by molar-refractivity contribution is 6.35. The molecule has 0 bridgehead atoms. The average Bonchev–Trinajstić information content (AvgIpc) is 2.47. The molecule has 0 saturated carbocycles. The van der Waals surface area contributed by atoms with Crippen LogP contribution in [-0.4, -0.2) is 36.0 Å². The lowest BCUT2D eigenvalue weighted by Crippen LogP contribution is -2.50. The topological polar surface area (TPSA) is 75.4 Å². The minimum Gasteiger partial charge on any atom is -0.352 e. The molecular weight excluding hydrogens is 313 g/mol. The quantitative estimate of drug-likeness (QED) is 0.894. The molecule has 0 spiro atoms. The van der Waals surface area contributed by atoms with Gasteiger partial charge in [0.15, 0.2) is 0 Å². The molecule has 3 amide bonds. The highest BCUT2D eigenvalue weighted by atomic mass is 35.5. The van der Waals surface area contributed by atoms with Gasteiger partial charge in [-0.3, -0.25) is 4.79 Å². The van der Waals surface area contributed by atoms with Crippen LogP contribution in [0.4, 0.5) is 4.79 Å². The third kappa shape index (κ3) is 4.02. The number of halogens is 2.